The van der Waals surface area contributed by atoms with Gasteiger partial charge in [0.1, 0.15) is 12.1 Å². The zero-order valence-corrected chi connectivity index (χ0v) is 19.6. The average molecular weight is 478 g/mol. The second-order valence-electron chi connectivity index (χ2n) is 8.90. The molecule has 32 heavy (non-hydrogen) atoms. The van der Waals surface area contributed by atoms with Gasteiger partial charge in [-0.2, -0.15) is 0 Å². The van der Waals surface area contributed by atoms with Crippen LogP contribution in [0, 0.1) is 5.82 Å². The number of nitrogens with one attached hydrogen (secondary N) is 2. The molecule has 0 saturated carbocycles. The van der Waals surface area contributed by atoms with Crippen LogP contribution in [0.2, 0.25) is 5.02 Å². The van der Waals surface area contributed by atoms with E-state index in [0.29, 0.717) is 11.4 Å². The lowest BCUT2D eigenvalue weighted by atomic mass is 9.87. The van der Waals surface area contributed by atoms with Crippen molar-refractivity contribution in [1.29, 1.82) is 0 Å². The van der Waals surface area contributed by atoms with E-state index in [1.54, 1.807) is 30.6 Å². The number of rotatable bonds is 5. The van der Waals surface area contributed by atoms with Gasteiger partial charge < -0.3 is 9.88 Å². The Morgan fingerprint density at radius 2 is 1.94 bits per heavy atom. The summed E-state index contributed by atoms with van der Waals surface area (Å²) in [5.41, 5.74) is 1.30. The minimum absolute atomic E-state index is 0.0482. The molecule has 0 amide bonds. The molecule has 3 aromatic rings. The Hall–Kier alpha value is -2.49. The molecule has 0 unspecified atom stereocenters. The van der Waals surface area contributed by atoms with E-state index in [2.05, 4.69) is 20.2 Å². The van der Waals surface area contributed by atoms with E-state index >= 15 is 0 Å². The number of hydrogen-bond acceptors (Lipinski definition) is 5. The van der Waals surface area contributed by atoms with Gasteiger partial charge in [-0.05, 0) is 42.1 Å². The van der Waals surface area contributed by atoms with Crippen LogP contribution in [0.4, 0.5) is 10.1 Å². The Morgan fingerprint density at radius 3 is 2.56 bits per heavy atom. The third-order valence-corrected chi connectivity index (χ3v) is 7.25. The molecule has 0 spiro atoms. The van der Waals surface area contributed by atoms with E-state index in [1.807, 2.05) is 25.3 Å². The first kappa shape index (κ1) is 22.7. The van der Waals surface area contributed by atoms with Gasteiger partial charge in [0.25, 0.3) is 10.0 Å². The molecule has 2 aromatic carbocycles. The molecular weight excluding hydrogens is 453 g/mol. The van der Waals surface area contributed by atoms with Gasteiger partial charge in [-0.15, -0.1) is 10.2 Å². The fraction of sp³-hybridized carbons (Fsp3) is 0.364. The molecule has 2 heterocycles. The monoisotopic (exact) mass is 477 g/mol. The Morgan fingerprint density at radius 1 is 1.22 bits per heavy atom. The van der Waals surface area contributed by atoms with Crippen molar-refractivity contribution in [3.8, 4) is 11.4 Å². The normalized spacial score (nSPS) is 17.0. The lowest BCUT2D eigenvalue weighted by molar-refractivity contribution is 0.550. The van der Waals surface area contributed by atoms with Crippen LogP contribution in [0.5, 0.6) is 0 Å². The van der Waals surface area contributed by atoms with Gasteiger partial charge in [0, 0.05) is 18.2 Å². The second-order valence-corrected chi connectivity index (χ2v) is 11.0. The second kappa shape index (κ2) is 8.46. The molecule has 1 saturated heterocycles. The summed E-state index contributed by atoms with van der Waals surface area (Å²) < 4.78 is 44.9. The molecule has 0 radical (unpaired) electrons. The summed E-state index contributed by atoms with van der Waals surface area (Å²) in [6.45, 7) is 7.74. The average Bonchev–Trinajstić information content (AvgIpc) is 3.41. The highest BCUT2D eigenvalue weighted by Crippen LogP contribution is 2.35. The van der Waals surface area contributed by atoms with E-state index < -0.39 is 15.8 Å². The molecule has 1 aliphatic heterocycles. The van der Waals surface area contributed by atoms with Crippen LogP contribution in [-0.4, -0.2) is 36.3 Å². The molecular formula is C22H25ClFN5O2S. The van der Waals surface area contributed by atoms with Crippen molar-refractivity contribution in [3.63, 3.8) is 0 Å². The quantitative estimate of drug-likeness (QED) is 0.569. The van der Waals surface area contributed by atoms with Gasteiger partial charge in [-0.25, -0.2) is 12.8 Å². The molecule has 1 aromatic heterocycles. The van der Waals surface area contributed by atoms with E-state index in [0.717, 1.165) is 31.1 Å². The zero-order chi connectivity index (χ0) is 23.1. The molecule has 0 aliphatic carbocycles. The van der Waals surface area contributed by atoms with E-state index in [9.17, 15) is 12.8 Å². The highest BCUT2D eigenvalue weighted by Gasteiger charge is 2.25. The molecule has 2 N–H and O–H groups in total. The topological polar surface area (TPSA) is 88.9 Å². The largest absolute Gasteiger partial charge is 0.315 e. The minimum atomic E-state index is -3.98. The third-order valence-electron chi connectivity index (χ3n) is 5.58. The third kappa shape index (κ3) is 4.51. The van der Waals surface area contributed by atoms with Crippen molar-refractivity contribution in [3.05, 3.63) is 59.1 Å². The van der Waals surface area contributed by atoms with Gasteiger partial charge in [0.05, 0.1) is 21.6 Å². The van der Waals surface area contributed by atoms with Crippen molar-refractivity contribution in [1.82, 2.24) is 20.1 Å². The lowest BCUT2D eigenvalue weighted by Crippen LogP contribution is -2.17. The standard InChI is InChI=1S/C22H25ClFN5O2S/c1-22(2,3)14-4-6-16(7-5-14)32(30,31)28-20-11-19(24)18(23)10-17(20)21-27-26-13-29(21)15-8-9-25-12-15/h4-7,10-11,13,15,25,28H,8-9,12H2,1-3H3/t15-/m0/s1. The number of aromatic nitrogens is 3. The first-order chi connectivity index (χ1) is 15.1. The minimum Gasteiger partial charge on any atom is -0.315 e. The fourth-order valence-corrected chi connectivity index (χ4v) is 4.97. The molecule has 1 atom stereocenters. The van der Waals surface area contributed by atoms with Gasteiger partial charge in [0.15, 0.2) is 5.82 Å². The predicted octanol–water partition coefficient (Wildman–Crippen LogP) is 4.37. The maximum atomic E-state index is 14.3. The maximum absolute atomic E-state index is 14.3. The van der Waals surface area contributed by atoms with Crippen LogP contribution >= 0.6 is 11.6 Å². The van der Waals surface area contributed by atoms with Crippen LogP contribution in [0.25, 0.3) is 11.4 Å². The number of nitrogens with zero attached hydrogens (tertiary/aromatic N) is 3. The predicted molar refractivity (Wildman–Crippen MR) is 123 cm³/mol. The van der Waals surface area contributed by atoms with E-state index in [4.69, 9.17) is 11.6 Å². The van der Waals surface area contributed by atoms with Crippen LogP contribution < -0.4 is 10.0 Å². The maximum Gasteiger partial charge on any atom is 0.261 e. The smallest absolute Gasteiger partial charge is 0.261 e. The Balaban J connectivity index is 1.73. The van der Waals surface area contributed by atoms with Crippen molar-refractivity contribution >= 4 is 27.3 Å². The van der Waals surface area contributed by atoms with Crippen LogP contribution in [0.15, 0.2) is 47.6 Å². The lowest BCUT2D eigenvalue weighted by Gasteiger charge is -2.19. The summed E-state index contributed by atoms with van der Waals surface area (Å²) in [7, 11) is -3.98. The summed E-state index contributed by atoms with van der Waals surface area (Å²) in [5.74, 6) is -0.314. The zero-order valence-electron chi connectivity index (χ0n) is 18.1. The van der Waals surface area contributed by atoms with Gasteiger partial charge in [-0.1, -0.05) is 44.5 Å². The Bertz CT molecular complexity index is 1230. The SMILES string of the molecule is CC(C)(C)c1ccc(S(=O)(=O)Nc2cc(F)c(Cl)cc2-c2nncn2[C@H]2CCNC2)cc1. The molecule has 0 bridgehead atoms. The number of anilines is 1. The van der Waals surface area contributed by atoms with Crippen LogP contribution in [0.1, 0.15) is 38.8 Å². The van der Waals surface area contributed by atoms with Gasteiger partial charge >= 0.3 is 0 Å². The number of benzene rings is 2. The molecule has 170 valence electrons. The Labute approximate surface area is 192 Å². The number of hydrogen-bond donors (Lipinski definition) is 2. The molecule has 4 rings (SSSR count). The molecule has 7 nitrogen and oxygen atoms in total. The molecule has 10 heteroatoms. The molecule has 1 fully saturated rings. The van der Waals surface area contributed by atoms with E-state index in [1.165, 1.54) is 6.07 Å². The van der Waals surface area contributed by atoms with Crippen molar-refractivity contribution in [2.24, 2.45) is 0 Å². The van der Waals surface area contributed by atoms with Crippen LogP contribution in [0.3, 0.4) is 0 Å². The summed E-state index contributed by atoms with van der Waals surface area (Å²) in [5, 5.41) is 11.3. The molecule has 1 aliphatic rings. The summed E-state index contributed by atoms with van der Waals surface area (Å²) in [6, 6.07) is 9.20. The van der Waals surface area contributed by atoms with Crippen molar-refractivity contribution in [2.45, 2.75) is 43.5 Å². The Kier molecular flexibility index (Phi) is 6.00. The highest BCUT2D eigenvalue weighted by atomic mass is 35.5. The van der Waals surface area contributed by atoms with Crippen molar-refractivity contribution < 1.29 is 12.8 Å². The summed E-state index contributed by atoms with van der Waals surface area (Å²) in [4.78, 5) is 0.0771. The van der Waals surface area contributed by atoms with Crippen molar-refractivity contribution in [2.75, 3.05) is 17.8 Å². The first-order valence-corrected chi connectivity index (χ1v) is 12.2. The summed E-state index contributed by atoms with van der Waals surface area (Å²) in [6.07, 6.45) is 2.47. The summed E-state index contributed by atoms with van der Waals surface area (Å²) >= 11 is 6.04. The van der Waals surface area contributed by atoms with Crippen LogP contribution in [-0.2, 0) is 15.4 Å². The first-order valence-electron chi connectivity index (χ1n) is 10.3. The number of halogens is 2. The highest BCUT2D eigenvalue weighted by molar-refractivity contribution is 7.92. The van der Waals surface area contributed by atoms with Gasteiger partial charge in [0.2, 0.25) is 0 Å². The fourth-order valence-electron chi connectivity index (χ4n) is 3.73. The van der Waals surface area contributed by atoms with Gasteiger partial charge in [-0.3, -0.25) is 4.72 Å². The number of sulfonamides is 1. The van der Waals surface area contributed by atoms with E-state index in [-0.39, 0.29) is 27.1 Å².